The SMILES string of the molecule is CC1CCCCCC1Nc1nnnn1-c1ccccc1. The Labute approximate surface area is 119 Å². The zero-order chi connectivity index (χ0) is 13.8. The summed E-state index contributed by atoms with van der Waals surface area (Å²) in [5, 5.41) is 15.6. The lowest BCUT2D eigenvalue weighted by atomic mass is 9.97. The van der Waals surface area contributed by atoms with Crippen LogP contribution in [0.4, 0.5) is 5.95 Å². The van der Waals surface area contributed by atoms with Crippen molar-refractivity contribution in [1.29, 1.82) is 0 Å². The van der Waals surface area contributed by atoms with Gasteiger partial charge in [-0.05, 0) is 41.3 Å². The molecule has 0 aliphatic heterocycles. The van der Waals surface area contributed by atoms with Crippen molar-refractivity contribution in [3.05, 3.63) is 30.3 Å². The predicted octanol–water partition coefficient (Wildman–Crippen LogP) is 3.04. The largest absolute Gasteiger partial charge is 0.350 e. The van der Waals surface area contributed by atoms with Crippen LogP contribution in [0.5, 0.6) is 0 Å². The number of benzene rings is 1. The summed E-state index contributed by atoms with van der Waals surface area (Å²) in [7, 11) is 0. The van der Waals surface area contributed by atoms with Crippen molar-refractivity contribution in [3.63, 3.8) is 0 Å². The second kappa shape index (κ2) is 6.03. The van der Waals surface area contributed by atoms with E-state index in [4.69, 9.17) is 0 Å². The maximum absolute atomic E-state index is 4.14. The van der Waals surface area contributed by atoms with Crippen molar-refractivity contribution in [1.82, 2.24) is 20.2 Å². The smallest absolute Gasteiger partial charge is 0.247 e. The summed E-state index contributed by atoms with van der Waals surface area (Å²) >= 11 is 0. The highest BCUT2D eigenvalue weighted by molar-refractivity contribution is 5.39. The zero-order valence-electron chi connectivity index (χ0n) is 11.9. The van der Waals surface area contributed by atoms with Crippen LogP contribution in [0.2, 0.25) is 0 Å². The average molecular weight is 271 g/mol. The molecule has 5 heteroatoms. The third-order valence-electron chi connectivity index (χ3n) is 4.15. The van der Waals surface area contributed by atoms with Crippen molar-refractivity contribution in [3.8, 4) is 5.69 Å². The molecule has 3 rings (SSSR count). The van der Waals surface area contributed by atoms with Gasteiger partial charge in [-0.2, -0.15) is 4.68 Å². The maximum Gasteiger partial charge on any atom is 0.247 e. The topological polar surface area (TPSA) is 55.6 Å². The van der Waals surface area contributed by atoms with Crippen LogP contribution >= 0.6 is 0 Å². The maximum atomic E-state index is 4.14. The fourth-order valence-corrected chi connectivity index (χ4v) is 2.89. The van der Waals surface area contributed by atoms with Crippen LogP contribution in [0.1, 0.15) is 39.0 Å². The first-order valence-corrected chi connectivity index (χ1v) is 7.45. The van der Waals surface area contributed by atoms with Crippen LogP contribution in [0, 0.1) is 5.92 Å². The van der Waals surface area contributed by atoms with Gasteiger partial charge in [-0.1, -0.05) is 49.5 Å². The molecular weight excluding hydrogens is 250 g/mol. The lowest BCUT2D eigenvalue weighted by molar-refractivity contribution is 0.453. The number of tetrazole rings is 1. The normalized spacial score (nSPS) is 23.2. The molecule has 0 saturated heterocycles. The molecule has 1 N–H and O–H groups in total. The minimum absolute atomic E-state index is 0.464. The quantitative estimate of drug-likeness (QED) is 0.872. The number of hydrogen-bond acceptors (Lipinski definition) is 4. The number of aromatic nitrogens is 4. The molecule has 1 aromatic carbocycles. The molecule has 0 spiro atoms. The third-order valence-corrected chi connectivity index (χ3v) is 4.15. The molecule has 2 atom stereocenters. The minimum atomic E-state index is 0.464. The van der Waals surface area contributed by atoms with Crippen LogP contribution in [0.3, 0.4) is 0 Å². The number of anilines is 1. The van der Waals surface area contributed by atoms with E-state index in [1.165, 1.54) is 32.1 Å². The molecule has 1 aliphatic rings. The van der Waals surface area contributed by atoms with Gasteiger partial charge in [-0.25, -0.2) is 0 Å². The number of para-hydroxylation sites is 1. The second-order valence-corrected chi connectivity index (χ2v) is 5.62. The summed E-state index contributed by atoms with van der Waals surface area (Å²) in [6, 6.07) is 10.5. The molecule has 1 aromatic heterocycles. The van der Waals surface area contributed by atoms with Crippen molar-refractivity contribution >= 4 is 5.95 Å². The Morgan fingerprint density at radius 2 is 1.90 bits per heavy atom. The van der Waals surface area contributed by atoms with Gasteiger partial charge in [0.15, 0.2) is 0 Å². The van der Waals surface area contributed by atoms with Gasteiger partial charge in [0, 0.05) is 6.04 Å². The van der Waals surface area contributed by atoms with Gasteiger partial charge in [0.05, 0.1) is 5.69 Å². The number of nitrogens with zero attached hydrogens (tertiary/aromatic N) is 4. The Morgan fingerprint density at radius 1 is 1.10 bits per heavy atom. The number of rotatable bonds is 3. The van der Waals surface area contributed by atoms with Crippen LogP contribution in [-0.4, -0.2) is 26.2 Å². The fourth-order valence-electron chi connectivity index (χ4n) is 2.89. The van der Waals surface area contributed by atoms with E-state index in [0.29, 0.717) is 12.0 Å². The Morgan fingerprint density at radius 3 is 2.75 bits per heavy atom. The van der Waals surface area contributed by atoms with Gasteiger partial charge >= 0.3 is 0 Å². The standard InChI is InChI=1S/C15H21N5/c1-12-8-4-2-7-11-14(12)16-15-17-18-19-20(15)13-9-5-3-6-10-13/h3,5-6,9-10,12,14H,2,4,7-8,11H2,1H3,(H,16,17,19). The molecule has 5 nitrogen and oxygen atoms in total. The molecule has 0 amide bonds. The monoisotopic (exact) mass is 271 g/mol. The van der Waals surface area contributed by atoms with Gasteiger partial charge in [-0.3, -0.25) is 0 Å². The van der Waals surface area contributed by atoms with E-state index in [2.05, 4.69) is 27.8 Å². The Kier molecular flexibility index (Phi) is 3.95. The van der Waals surface area contributed by atoms with Gasteiger partial charge < -0.3 is 5.32 Å². The summed E-state index contributed by atoms with van der Waals surface area (Å²) in [6.07, 6.45) is 6.44. The summed E-state index contributed by atoms with van der Waals surface area (Å²) in [4.78, 5) is 0. The lowest BCUT2D eigenvalue weighted by Gasteiger charge is -2.22. The summed E-state index contributed by atoms with van der Waals surface area (Å²) in [6.45, 7) is 2.32. The first kappa shape index (κ1) is 13.1. The van der Waals surface area contributed by atoms with Crippen LogP contribution in [0.25, 0.3) is 5.69 Å². The van der Waals surface area contributed by atoms with E-state index in [9.17, 15) is 0 Å². The Bertz CT molecular complexity index is 536. The van der Waals surface area contributed by atoms with E-state index in [-0.39, 0.29) is 0 Å². The fraction of sp³-hybridized carbons (Fsp3) is 0.533. The highest BCUT2D eigenvalue weighted by Crippen LogP contribution is 2.25. The van der Waals surface area contributed by atoms with E-state index >= 15 is 0 Å². The minimum Gasteiger partial charge on any atom is -0.350 e. The van der Waals surface area contributed by atoms with Crippen LogP contribution in [-0.2, 0) is 0 Å². The van der Waals surface area contributed by atoms with E-state index < -0.39 is 0 Å². The van der Waals surface area contributed by atoms with E-state index in [0.717, 1.165) is 11.6 Å². The van der Waals surface area contributed by atoms with E-state index in [1.54, 1.807) is 4.68 Å². The Balaban J connectivity index is 1.80. The third kappa shape index (κ3) is 2.81. The molecule has 2 aromatic rings. The zero-order valence-corrected chi connectivity index (χ0v) is 11.9. The molecule has 1 saturated carbocycles. The second-order valence-electron chi connectivity index (χ2n) is 5.62. The molecule has 20 heavy (non-hydrogen) atoms. The van der Waals surface area contributed by atoms with Crippen molar-refractivity contribution in [2.45, 2.75) is 45.1 Å². The Hall–Kier alpha value is -1.91. The molecule has 0 bridgehead atoms. The first-order valence-electron chi connectivity index (χ1n) is 7.45. The summed E-state index contributed by atoms with van der Waals surface area (Å²) in [5.41, 5.74) is 0.987. The molecule has 2 unspecified atom stereocenters. The van der Waals surface area contributed by atoms with Gasteiger partial charge in [0.2, 0.25) is 5.95 Å². The van der Waals surface area contributed by atoms with Gasteiger partial charge in [0.25, 0.3) is 0 Å². The van der Waals surface area contributed by atoms with Crippen LogP contribution in [0.15, 0.2) is 30.3 Å². The molecule has 1 fully saturated rings. The van der Waals surface area contributed by atoms with Crippen molar-refractivity contribution in [2.24, 2.45) is 5.92 Å². The van der Waals surface area contributed by atoms with Gasteiger partial charge in [-0.15, -0.1) is 0 Å². The number of nitrogens with one attached hydrogen (secondary N) is 1. The van der Waals surface area contributed by atoms with Crippen molar-refractivity contribution in [2.75, 3.05) is 5.32 Å². The molecule has 106 valence electrons. The first-order chi connectivity index (χ1) is 9.84. The number of hydrogen-bond donors (Lipinski definition) is 1. The molecule has 0 radical (unpaired) electrons. The van der Waals surface area contributed by atoms with Crippen LogP contribution < -0.4 is 5.32 Å². The molecule has 1 heterocycles. The molecule has 1 aliphatic carbocycles. The predicted molar refractivity (Wildman–Crippen MR) is 78.8 cm³/mol. The van der Waals surface area contributed by atoms with Crippen molar-refractivity contribution < 1.29 is 0 Å². The highest BCUT2D eigenvalue weighted by Gasteiger charge is 2.22. The lowest BCUT2D eigenvalue weighted by Crippen LogP contribution is -2.27. The summed E-state index contributed by atoms with van der Waals surface area (Å²) < 4.78 is 1.78. The van der Waals surface area contributed by atoms with Gasteiger partial charge in [0.1, 0.15) is 0 Å². The molecular formula is C15H21N5. The summed E-state index contributed by atoms with van der Waals surface area (Å²) in [5.74, 6) is 1.41. The average Bonchev–Trinajstić information content (AvgIpc) is 2.85. The highest BCUT2D eigenvalue weighted by atomic mass is 15.6. The van der Waals surface area contributed by atoms with E-state index in [1.807, 2.05) is 30.3 Å².